The highest BCUT2D eigenvalue weighted by Gasteiger charge is 2.34. The predicted molar refractivity (Wildman–Crippen MR) is 73.2 cm³/mol. The molecule has 0 aromatic heterocycles. The SMILES string of the molecule is C[C@H](Cc1ccccc1F)C(=O)N1CCOC[C@@H]1C(=O)O. The average Bonchev–Trinajstić information content (AvgIpc) is 2.48. The van der Waals surface area contributed by atoms with Gasteiger partial charge in [0.2, 0.25) is 5.91 Å². The van der Waals surface area contributed by atoms with Crippen molar-refractivity contribution in [3.8, 4) is 0 Å². The summed E-state index contributed by atoms with van der Waals surface area (Å²) in [6.45, 7) is 2.25. The fourth-order valence-electron chi connectivity index (χ4n) is 2.44. The third-order valence-electron chi connectivity index (χ3n) is 3.60. The van der Waals surface area contributed by atoms with Crippen LogP contribution in [0.5, 0.6) is 0 Å². The van der Waals surface area contributed by atoms with Gasteiger partial charge in [-0.05, 0) is 18.1 Å². The summed E-state index contributed by atoms with van der Waals surface area (Å²) in [5, 5.41) is 9.14. The fraction of sp³-hybridized carbons (Fsp3) is 0.467. The molecule has 1 aliphatic rings. The number of amides is 1. The van der Waals surface area contributed by atoms with E-state index in [1.807, 2.05) is 0 Å². The predicted octanol–water partition coefficient (Wildman–Crippen LogP) is 1.32. The number of hydrogen-bond acceptors (Lipinski definition) is 3. The van der Waals surface area contributed by atoms with Crippen molar-refractivity contribution in [3.63, 3.8) is 0 Å². The van der Waals surface area contributed by atoms with E-state index in [2.05, 4.69) is 0 Å². The van der Waals surface area contributed by atoms with Crippen molar-refractivity contribution in [1.29, 1.82) is 0 Å². The number of benzene rings is 1. The Morgan fingerprint density at radius 2 is 2.19 bits per heavy atom. The molecule has 1 fully saturated rings. The van der Waals surface area contributed by atoms with Crippen LogP contribution in [0, 0.1) is 11.7 Å². The molecule has 0 aliphatic carbocycles. The lowest BCUT2D eigenvalue weighted by molar-refractivity contribution is -0.160. The zero-order valence-electron chi connectivity index (χ0n) is 11.8. The Hall–Kier alpha value is -1.95. The van der Waals surface area contributed by atoms with Crippen LogP contribution in [0.4, 0.5) is 4.39 Å². The first-order valence-electron chi connectivity index (χ1n) is 6.85. The Balaban J connectivity index is 2.07. The number of carboxylic acids is 1. The van der Waals surface area contributed by atoms with Gasteiger partial charge < -0.3 is 14.7 Å². The number of hydrogen-bond donors (Lipinski definition) is 1. The summed E-state index contributed by atoms with van der Waals surface area (Å²) < 4.78 is 18.7. The normalized spacial score (nSPS) is 20.1. The molecule has 0 unspecified atom stereocenters. The zero-order valence-corrected chi connectivity index (χ0v) is 11.8. The second-order valence-corrected chi connectivity index (χ2v) is 5.16. The van der Waals surface area contributed by atoms with E-state index in [9.17, 15) is 14.0 Å². The highest BCUT2D eigenvalue weighted by molar-refractivity contribution is 5.85. The maximum Gasteiger partial charge on any atom is 0.328 e. The van der Waals surface area contributed by atoms with Gasteiger partial charge in [0.05, 0.1) is 13.2 Å². The number of carbonyl (C=O) groups excluding carboxylic acids is 1. The van der Waals surface area contributed by atoms with Crippen molar-refractivity contribution < 1.29 is 23.8 Å². The molecular weight excluding hydrogens is 277 g/mol. The van der Waals surface area contributed by atoms with Crippen LogP contribution < -0.4 is 0 Å². The molecule has 1 saturated heterocycles. The number of ether oxygens (including phenoxy) is 1. The number of morpholine rings is 1. The molecule has 1 aromatic rings. The van der Waals surface area contributed by atoms with Crippen molar-refractivity contribution >= 4 is 11.9 Å². The van der Waals surface area contributed by atoms with Crippen molar-refractivity contribution in [2.24, 2.45) is 5.92 Å². The molecule has 2 rings (SSSR count). The van der Waals surface area contributed by atoms with E-state index in [1.165, 1.54) is 11.0 Å². The minimum atomic E-state index is -1.08. The average molecular weight is 295 g/mol. The Morgan fingerprint density at radius 1 is 1.48 bits per heavy atom. The number of halogens is 1. The third kappa shape index (κ3) is 3.58. The fourth-order valence-corrected chi connectivity index (χ4v) is 2.44. The molecule has 114 valence electrons. The Bertz CT molecular complexity index is 534. The van der Waals surface area contributed by atoms with Gasteiger partial charge in [0.15, 0.2) is 6.04 Å². The molecule has 1 N–H and O–H groups in total. The topological polar surface area (TPSA) is 66.8 Å². The van der Waals surface area contributed by atoms with Gasteiger partial charge in [-0.25, -0.2) is 9.18 Å². The van der Waals surface area contributed by atoms with Crippen LogP contribution in [-0.2, 0) is 20.7 Å². The lowest BCUT2D eigenvalue weighted by Gasteiger charge is -2.34. The molecule has 1 aromatic carbocycles. The van der Waals surface area contributed by atoms with Crippen LogP contribution in [0.15, 0.2) is 24.3 Å². The first-order valence-corrected chi connectivity index (χ1v) is 6.85. The first-order chi connectivity index (χ1) is 10.0. The van der Waals surface area contributed by atoms with Gasteiger partial charge in [0.25, 0.3) is 0 Å². The van der Waals surface area contributed by atoms with E-state index in [0.29, 0.717) is 12.2 Å². The van der Waals surface area contributed by atoms with Crippen molar-refractivity contribution in [2.45, 2.75) is 19.4 Å². The number of carbonyl (C=O) groups is 2. The van der Waals surface area contributed by atoms with Gasteiger partial charge >= 0.3 is 5.97 Å². The van der Waals surface area contributed by atoms with E-state index in [4.69, 9.17) is 9.84 Å². The van der Waals surface area contributed by atoms with Gasteiger partial charge in [-0.15, -0.1) is 0 Å². The smallest absolute Gasteiger partial charge is 0.328 e. The van der Waals surface area contributed by atoms with Crippen LogP contribution in [0.25, 0.3) is 0 Å². The van der Waals surface area contributed by atoms with Crippen LogP contribution in [0.3, 0.4) is 0 Å². The summed E-state index contributed by atoms with van der Waals surface area (Å²) in [5.41, 5.74) is 0.457. The summed E-state index contributed by atoms with van der Waals surface area (Å²) in [4.78, 5) is 24.9. The molecule has 21 heavy (non-hydrogen) atoms. The summed E-state index contributed by atoms with van der Waals surface area (Å²) in [6.07, 6.45) is 0.245. The van der Waals surface area contributed by atoms with Gasteiger partial charge in [0.1, 0.15) is 5.82 Å². The molecular formula is C15H18FNO4. The number of rotatable bonds is 4. The lowest BCUT2D eigenvalue weighted by atomic mass is 9.98. The van der Waals surface area contributed by atoms with Gasteiger partial charge in [-0.1, -0.05) is 25.1 Å². The van der Waals surface area contributed by atoms with Gasteiger partial charge in [-0.2, -0.15) is 0 Å². The summed E-state index contributed by atoms with van der Waals surface area (Å²) in [6, 6.07) is 5.32. The van der Waals surface area contributed by atoms with Gasteiger partial charge in [0, 0.05) is 12.5 Å². The number of aliphatic carboxylic acids is 1. The highest BCUT2D eigenvalue weighted by Crippen LogP contribution is 2.17. The minimum absolute atomic E-state index is 0.00646. The first kappa shape index (κ1) is 15.4. The molecule has 1 aliphatic heterocycles. The van der Waals surface area contributed by atoms with E-state index >= 15 is 0 Å². The molecule has 0 saturated carbocycles. The van der Waals surface area contributed by atoms with Gasteiger partial charge in [-0.3, -0.25) is 4.79 Å². The summed E-state index contributed by atoms with van der Waals surface area (Å²) in [7, 11) is 0. The molecule has 1 amide bonds. The van der Waals surface area contributed by atoms with Crippen LogP contribution in [-0.4, -0.2) is 47.7 Å². The van der Waals surface area contributed by atoms with Crippen LogP contribution >= 0.6 is 0 Å². The maximum absolute atomic E-state index is 13.6. The number of carboxylic acid groups (broad SMARTS) is 1. The van der Waals surface area contributed by atoms with E-state index < -0.39 is 17.9 Å². The third-order valence-corrected chi connectivity index (χ3v) is 3.60. The van der Waals surface area contributed by atoms with Crippen molar-refractivity contribution in [2.75, 3.05) is 19.8 Å². The highest BCUT2D eigenvalue weighted by atomic mass is 19.1. The van der Waals surface area contributed by atoms with Crippen molar-refractivity contribution in [1.82, 2.24) is 4.90 Å². The molecule has 6 heteroatoms. The summed E-state index contributed by atoms with van der Waals surface area (Å²) >= 11 is 0. The molecule has 0 radical (unpaired) electrons. The second-order valence-electron chi connectivity index (χ2n) is 5.16. The van der Waals surface area contributed by atoms with E-state index in [-0.39, 0.29) is 31.3 Å². The molecule has 0 spiro atoms. The van der Waals surface area contributed by atoms with Crippen LogP contribution in [0.1, 0.15) is 12.5 Å². The molecule has 0 bridgehead atoms. The molecule has 5 nitrogen and oxygen atoms in total. The second kappa shape index (κ2) is 6.67. The Morgan fingerprint density at radius 3 is 2.86 bits per heavy atom. The molecule has 1 heterocycles. The lowest BCUT2D eigenvalue weighted by Crippen LogP contribution is -2.54. The Labute approximate surface area is 122 Å². The van der Waals surface area contributed by atoms with Crippen molar-refractivity contribution in [3.05, 3.63) is 35.6 Å². The van der Waals surface area contributed by atoms with Crippen LogP contribution in [0.2, 0.25) is 0 Å². The summed E-state index contributed by atoms with van der Waals surface area (Å²) in [5.74, 6) is -2.20. The standard InChI is InChI=1S/C15H18FNO4/c1-10(8-11-4-2-3-5-12(11)16)14(18)17-6-7-21-9-13(17)15(19)20/h2-5,10,13H,6-9H2,1H3,(H,19,20)/t10-,13-/m1/s1. The van der Waals surface area contributed by atoms with E-state index in [0.717, 1.165) is 0 Å². The maximum atomic E-state index is 13.6. The molecule has 2 atom stereocenters. The monoisotopic (exact) mass is 295 g/mol. The minimum Gasteiger partial charge on any atom is -0.480 e. The zero-order chi connectivity index (χ0) is 15.4. The number of nitrogens with zero attached hydrogens (tertiary/aromatic N) is 1. The largest absolute Gasteiger partial charge is 0.480 e. The Kier molecular flexibility index (Phi) is 4.90. The van der Waals surface area contributed by atoms with E-state index in [1.54, 1.807) is 25.1 Å². The quantitative estimate of drug-likeness (QED) is 0.909.